The fraction of sp³-hybridized carbons (Fsp3) is 0.111. The lowest BCUT2D eigenvalue weighted by Crippen LogP contribution is -2.15. The minimum absolute atomic E-state index is 0.124. The van der Waals surface area contributed by atoms with Crippen LogP contribution in [-0.2, 0) is 12.7 Å². The van der Waals surface area contributed by atoms with Gasteiger partial charge in [0.2, 0.25) is 0 Å². The van der Waals surface area contributed by atoms with Crippen molar-refractivity contribution in [1.29, 1.82) is 0 Å². The predicted octanol–water partition coefficient (Wildman–Crippen LogP) is 6.27. The van der Waals surface area contributed by atoms with Crippen molar-refractivity contribution >= 4 is 50.9 Å². The molecule has 0 fully saturated rings. The lowest BCUT2D eigenvalue weighted by atomic mass is 10.1. The van der Waals surface area contributed by atoms with Crippen molar-refractivity contribution in [3.63, 3.8) is 0 Å². The first-order valence-electron chi connectivity index (χ1n) is 7.79. The van der Waals surface area contributed by atoms with Crippen LogP contribution in [0.2, 0.25) is 10.0 Å². The molecule has 0 spiro atoms. The molecule has 28 heavy (non-hydrogen) atoms. The van der Waals surface area contributed by atoms with Crippen LogP contribution in [0.25, 0.3) is 0 Å². The third-order valence-electron chi connectivity index (χ3n) is 3.73. The minimum Gasteiger partial charge on any atom is -0.304 e. The molecule has 0 atom stereocenters. The van der Waals surface area contributed by atoms with Crippen LogP contribution in [-0.4, -0.2) is 15.7 Å². The minimum atomic E-state index is -4.53. The zero-order valence-electron chi connectivity index (χ0n) is 13.9. The van der Waals surface area contributed by atoms with E-state index < -0.39 is 17.6 Å². The highest BCUT2D eigenvalue weighted by Crippen LogP contribution is 2.30. The number of hydrogen-bond acceptors (Lipinski definition) is 2. The van der Waals surface area contributed by atoms with E-state index in [0.717, 1.165) is 17.7 Å². The van der Waals surface area contributed by atoms with Gasteiger partial charge < -0.3 is 5.32 Å². The van der Waals surface area contributed by atoms with Gasteiger partial charge in [0.15, 0.2) is 5.82 Å². The largest absolute Gasteiger partial charge is 0.416 e. The summed E-state index contributed by atoms with van der Waals surface area (Å²) in [5, 5.41) is 7.57. The second-order valence-electron chi connectivity index (χ2n) is 5.80. The van der Waals surface area contributed by atoms with Gasteiger partial charge in [-0.25, -0.2) is 0 Å². The summed E-state index contributed by atoms with van der Waals surface area (Å²) in [6.45, 7) is 0.356. The first-order chi connectivity index (χ1) is 13.1. The maximum atomic E-state index is 12.8. The number of alkyl halides is 3. The Morgan fingerprint density at radius 2 is 1.89 bits per heavy atom. The van der Waals surface area contributed by atoms with Gasteiger partial charge in [0.1, 0.15) is 0 Å². The standard InChI is InChI=1S/C18H11BrCl2F3N3O/c19-13-9-27(8-10-4-5-14(20)15(21)6-10)26-16(13)25-17(28)11-2-1-3-12(7-11)18(22,23)24/h1-7,9H,8H2,(H,25,26,28). The van der Waals surface area contributed by atoms with Gasteiger partial charge in [0.05, 0.1) is 26.6 Å². The molecule has 1 heterocycles. The number of hydrogen-bond donors (Lipinski definition) is 1. The number of nitrogens with one attached hydrogen (secondary N) is 1. The molecular weight excluding hydrogens is 482 g/mol. The summed E-state index contributed by atoms with van der Waals surface area (Å²) in [4.78, 5) is 12.3. The van der Waals surface area contributed by atoms with E-state index in [1.54, 1.807) is 29.1 Å². The van der Waals surface area contributed by atoms with Crippen molar-refractivity contribution < 1.29 is 18.0 Å². The number of anilines is 1. The van der Waals surface area contributed by atoms with Crippen LogP contribution in [0.3, 0.4) is 0 Å². The van der Waals surface area contributed by atoms with Crippen molar-refractivity contribution in [2.75, 3.05) is 5.32 Å². The molecule has 1 aromatic heterocycles. The van der Waals surface area contributed by atoms with Crippen molar-refractivity contribution in [3.8, 4) is 0 Å². The van der Waals surface area contributed by atoms with E-state index in [9.17, 15) is 18.0 Å². The molecule has 1 N–H and O–H groups in total. The molecular formula is C18H11BrCl2F3N3O. The van der Waals surface area contributed by atoms with Crippen LogP contribution < -0.4 is 5.32 Å². The molecule has 0 bridgehead atoms. The van der Waals surface area contributed by atoms with Crippen LogP contribution >= 0.6 is 39.1 Å². The number of aromatic nitrogens is 2. The number of carbonyl (C=O) groups excluding carboxylic acids is 1. The van der Waals surface area contributed by atoms with Gasteiger partial charge >= 0.3 is 6.18 Å². The summed E-state index contributed by atoms with van der Waals surface area (Å²) < 4.78 is 40.5. The molecule has 3 aromatic rings. The van der Waals surface area contributed by atoms with Crippen LogP contribution in [0, 0.1) is 0 Å². The normalized spacial score (nSPS) is 11.5. The highest BCUT2D eigenvalue weighted by atomic mass is 79.9. The summed E-state index contributed by atoms with van der Waals surface area (Å²) in [6, 6.07) is 9.30. The number of carbonyl (C=O) groups is 1. The molecule has 0 saturated carbocycles. The Balaban J connectivity index is 1.76. The Morgan fingerprint density at radius 3 is 2.57 bits per heavy atom. The van der Waals surface area contributed by atoms with Crippen molar-refractivity contribution in [2.45, 2.75) is 12.7 Å². The van der Waals surface area contributed by atoms with Gasteiger partial charge in [-0.3, -0.25) is 9.48 Å². The smallest absolute Gasteiger partial charge is 0.304 e. The Hall–Kier alpha value is -2.03. The quantitative estimate of drug-likeness (QED) is 0.466. The number of rotatable bonds is 4. The topological polar surface area (TPSA) is 46.9 Å². The van der Waals surface area contributed by atoms with Crippen molar-refractivity contribution in [1.82, 2.24) is 9.78 Å². The molecule has 146 valence electrons. The maximum absolute atomic E-state index is 12.8. The average Bonchev–Trinajstić information content (AvgIpc) is 2.96. The molecule has 0 aliphatic heterocycles. The first-order valence-corrected chi connectivity index (χ1v) is 9.34. The van der Waals surface area contributed by atoms with E-state index in [1.165, 1.54) is 12.1 Å². The molecule has 1 amide bonds. The van der Waals surface area contributed by atoms with Crippen LogP contribution in [0.4, 0.5) is 19.0 Å². The number of nitrogens with zero attached hydrogens (tertiary/aromatic N) is 2. The molecule has 4 nitrogen and oxygen atoms in total. The van der Waals surface area contributed by atoms with Crippen molar-refractivity contribution in [3.05, 3.63) is 79.9 Å². The maximum Gasteiger partial charge on any atom is 0.416 e. The lowest BCUT2D eigenvalue weighted by molar-refractivity contribution is -0.137. The van der Waals surface area contributed by atoms with E-state index in [1.807, 2.05) is 0 Å². The summed E-state index contributed by atoms with van der Waals surface area (Å²) >= 11 is 15.2. The first kappa shape index (κ1) is 20.7. The highest BCUT2D eigenvalue weighted by Gasteiger charge is 2.31. The predicted molar refractivity (Wildman–Crippen MR) is 105 cm³/mol. The summed E-state index contributed by atoms with van der Waals surface area (Å²) in [5.41, 5.74) is -0.190. The number of halogens is 6. The Labute approximate surface area is 176 Å². The molecule has 0 aliphatic carbocycles. The molecule has 0 radical (unpaired) electrons. The lowest BCUT2D eigenvalue weighted by Gasteiger charge is -2.08. The molecule has 2 aromatic carbocycles. The van der Waals surface area contributed by atoms with Crippen LogP contribution in [0.15, 0.2) is 53.1 Å². The van der Waals surface area contributed by atoms with Crippen LogP contribution in [0.1, 0.15) is 21.5 Å². The Morgan fingerprint density at radius 1 is 1.14 bits per heavy atom. The molecule has 0 aliphatic rings. The van der Waals surface area contributed by atoms with Gasteiger partial charge in [-0.05, 0) is 51.8 Å². The summed E-state index contributed by atoms with van der Waals surface area (Å²) in [5.74, 6) is -0.519. The van der Waals surface area contributed by atoms with E-state index >= 15 is 0 Å². The number of benzene rings is 2. The molecule has 10 heteroatoms. The van der Waals surface area contributed by atoms with E-state index in [4.69, 9.17) is 23.2 Å². The fourth-order valence-corrected chi connectivity index (χ4v) is 3.14. The fourth-order valence-electron chi connectivity index (χ4n) is 2.40. The van der Waals surface area contributed by atoms with Gasteiger partial charge in [-0.15, -0.1) is 0 Å². The molecule has 0 saturated heterocycles. The summed E-state index contributed by atoms with van der Waals surface area (Å²) in [6.07, 6.45) is -2.90. The average molecular weight is 493 g/mol. The van der Waals surface area contributed by atoms with Gasteiger partial charge in [0, 0.05) is 11.8 Å². The second kappa shape index (κ2) is 8.14. The van der Waals surface area contributed by atoms with Gasteiger partial charge in [-0.2, -0.15) is 18.3 Å². The third-order valence-corrected chi connectivity index (χ3v) is 5.05. The van der Waals surface area contributed by atoms with E-state index in [-0.39, 0.29) is 11.4 Å². The van der Waals surface area contributed by atoms with Gasteiger partial charge in [-0.1, -0.05) is 35.3 Å². The summed E-state index contributed by atoms with van der Waals surface area (Å²) in [7, 11) is 0. The molecule has 3 rings (SSSR count). The SMILES string of the molecule is O=C(Nc1nn(Cc2ccc(Cl)c(Cl)c2)cc1Br)c1cccc(C(F)(F)F)c1. The van der Waals surface area contributed by atoms with E-state index in [0.29, 0.717) is 21.1 Å². The van der Waals surface area contributed by atoms with E-state index in [2.05, 4.69) is 26.3 Å². The monoisotopic (exact) mass is 491 g/mol. The van der Waals surface area contributed by atoms with Crippen LogP contribution in [0.5, 0.6) is 0 Å². The molecule has 0 unspecified atom stereocenters. The number of amides is 1. The zero-order chi connectivity index (χ0) is 20.5. The Bertz CT molecular complexity index is 1040. The zero-order valence-corrected chi connectivity index (χ0v) is 17.0. The second-order valence-corrected chi connectivity index (χ2v) is 7.47. The highest BCUT2D eigenvalue weighted by molar-refractivity contribution is 9.10. The Kier molecular flexibility index (Phi) is 6.02. The van der Waals surface area contributed by atoms with Crippen molar-refractivity contribution in [2.24, 2.45) is 0 Å². The van der Waals surface area contributed by atoms with Gasteiger partial charge in [0.25, 0.3) is 5.91 Å². The third kappa shape index (κ3) is 4.87.